The van der Waals surface area contributed by atoms with Gasteiger partial charge in [-0.15, -0.1) is 0 Å². The quantitative estimate of drug-likeness (QED) is 0.751. The summed E-state index contributed by atoms with van der Waals surface area (Å²) in [6.07, 6.45) is 5.81. The van der Waals surface area contributed by atoms with Gasteiger partial charge in [0.25, 0.3) is 5.91 Å². The Kier molecular flexibility index (Phi) is 4.92. The number of aromatic amines is 1. The largest absolute Gasteiger partial charge is 0.467 e. The third-order valence-corrected chi connectivity index (χ3v) is 5.10. The Morgan fingerprint density at radius 2 is 1.85 bits per heavy atom. The minimum atomic E-state index is -0.140. The molecule has 0 aliphatic carbocycles. The number of rotatable bonds is 3. The molecule has 1 aromatic carbocycles. The molecule has 1 aliphatic rings. The van der Waals surface area contributed by atoms with Crippen molar-refractivity contribution in [3.05, 3.63) is 82.5 Å². The van der Waals surface area contributed by atoms with E-state index in [2.05, 4.69) is 4.98 Å². The number of hydrogen-bond donors (Lipinski definition) is 1. The lowest BCUT2D eigenvalue weighted by molar-refractivity contribution is 0.0658. The van der Waals surface area contributed by atoms with Gasteiger partial charge < -0.3 is 14.3 Å². The molecule has 4 rings (SSSR count). The van der Waals surface area contributed by atoms with E-state index in [4.69, 9.17) is 4.42 Å². The summed E-state index contributed by atoms with van der Waals surface area (Å²) in [5, 5.41) is 0. The van der Waals surface area contributed by atoms with Gasteiger partial charge in [0.2, 0.25) is 5.56 Å². The van der Waals surface area contributed by atoms with Gasteiger partial charge in [-0.1, -0.05) is 31.0 Å². The van der Waals surface area contributed by atoms with E-state index in [0.29, 0.717) is 5.56 Å². The third kappa shape index (κ3) is 3.72. The molecule has 1 amide bonds. The molecule has 5 heteroatoms. The van der Waals surface area contributed by atoms with E-state index in [1.807, 2.05) is 47.4 Å². The summed E-state index contributed by atoms with van der Waals surface area (Å²) < 4.78 is 5.61. The van der Waals surface area contributed by atoms with Crippen molar-refractivity contribution in [3.63, 3.8) is 0 Å². The highest BCUT2D eigenvalue weighted by Crippen LogP contribution is 2.31. The van der Waals surface area contributed by atoms with Crippen molar-refractivity contribution < 1.29 is 9.21 Å². The first-order chi connectivity index (χ1) is 13.2. The zero-order valence-corrected chi connectivity index (χ0v) is 15.1. The number of furan rings is 1. The Morgan fingerprint density at radius 1 is 1.00 bits per heavy atom. The van der Waals surface area contributed by atoms with Gasteiger partial charge >= 0.3 is 0 Å². The molecule has 0 bridgehead atoms. The molecule has 5 nitrogen and oxygen atoms in total. The van der Waals surface area contributed by atoms with E-state index in [1.165, 1.54) is 6.07 Å². The second-order valence-electron chi connectivity index (χ2n) is 6.89. The molecular formula is C22H22N2O3. The molecule has 0 unspecified atom stereocenters. The molecule has 0 saturated carbocycles. The molecule has 0 radical (unpaired) electrons. The molecule has 0 spiro atoms. The van der Waals surface area contributed by atoms with Crippen LogP contribution in [0.1, 0.15) is 47.8 Å². The number of nitrogens with one attached hydrogen (secondary N) is 1. The number of amides is 1. The molecule has 138 valence electrons. The molecular weight excluding hydrogens is 340 g/mol. The van der Waals surface area contributed by atoms with E-state index in [0.717, 1.165) is 49.2 Å². The smallest absolute Gasteiger partial charge is 0.254 e. The van der Waals surface area contributed by atoms with Gasteiger partial charge in [-0.2, -0.15) is 0 Å². The van der Waals surface area contributed by atoms with E-state index >= 15 is 0 Å². The fraction of sp³-hybridized carbons (Fsp3) is 0.273. The number of benzene rings is 1. The first kappa shape index (κ1) is 17.3. The van der Waals surface area contributed by atoms with Crippen LogP contribution >= 0.6 is 0 Å². The number of pyridine rings is 1. The fourth-order valence-electron chi connectivity index (χ4n) is 3.70. The van der Waals surface area contributed by atoms with Crippen molar-refractivity contribution in [1.82, 2.24) is 9.88 Å². The lowest BCUT2D eigenvalue weighted by atomic mass is 10.0. The number of likely N-dealkylation sites (tertiary alicyclic amines) is 1. The van der Waals surface area contributed by atoms with E-state index in [-0.39, 0.29) is 17.5 Å². The summed E-state index contributed by atoms with van der Waals surface area (Å²) in [6, 6.07) is 16.3. The van der Waals surface area contributed by atoms with Crippen LogP contribution in [-0.4, -0.2) is 22.3 Å². The van der Waals surface area contributed by atoms with Crippen LogP contribution in [0.2, 0.25) is 0 Å². The minimum Gasteiger partial charge on any atom is -0.467 e. The molecule has 1 atom stereocenters. The van der Waals surface area contributed by atoms with Crippen molar-refractivity contribution in [1.29, 1.82) is 0 Å². The van der Waals surface area contributed by atoms with Crippen LogP contribution in [0.25, 0.3) is 11.3 Å². The molecule has 1 aliphatic heterocycles. The number of hydrogen-bond acceptors (Lipinski definition) is 3. The maximum Gasteiger partial charge on any atom is 0.254 e. The number of carbonyl (C=O) groups is 1. The SMILES string of the molecule is O=C(c1ccc(-c2cccc(=O)[nH]2)cc1)N1CCCCC[C@@H]1c1ccco1. The highest BCUT2D eigenvalue weighted by Gasteiger charge is 2.29. The van der Waals surface area contributed by atoms with E-state index < -0.39 is 0 Å². The zero-order chi connectivity index (χ0) is 18.6. The van der Waals surface area contributed by atoms with Crippen LogP contribution in [0.15, 0.2) is 70.1 Å². The van der Waals surface area contributed by atoms with Gasteiger partial charge in [0.1, 0.15) is 5.76 Å². The van der Waals surface area contributed by atoms with Gasteiger partial charge in [-0.25, -0.2) is 0 Å². The minimum absolute atomic E-state index is 0.0137. The van der Waals surface area contributed by atoms with Crippen LogP contribution in [-0.2, 0) is 0 Å². The maximum atomic E-state index is 13.2. The summed E-state index contributed by atoms with van der Waals surface area (Å²) in [7, 11) is 0. The van der Waals surface area contributed by atoms with Gasteiger partial charge in [-0.05, 0) is 48.7 Å². The van der Waals surface area contributed by atoms with Crippen molar-refractivity contribution in [2.75, 3.05) is 6.54 Å². The highest BCUT2D eigenvalue weighted by molar-refractivity contribution is 5.95. The Hall–Kier alpha value is -3.08. The first-order valence-corrected chi connectivity index (χ1v) is 9.36. The van der Waals surface area contributed by atoms with Crippen LogP contribution in [0, 0.1) is 0 Å². The van der Waals surface area contributed by atoms with Crippen LogP contribution in [0.4, 0.5) is 0 Å². The predicted molar refractivity (Wildman–Crippen MR) is 103 cm³/mol. The lowest BCUT2D eigenvalue weighted by Crippen LogP contribution is -2.34. The van der Waals surface area contributed by atoms with E-state index in [1.54, 1.807) is 12.3 Å². The highest BCUT2D eigenvalue weighted by atomic mass is 16.3. The van der Waals surface area contributed by atoms with Crippen LogP contribution < -0.4 is 5.56 Å². The summed E-state index contributed by atoms with van der Waals surface area (Å²) in [6.45, 7) is 0.734. The topological polar surface area (TPSA) is 66.3 Å². The second kappa shape index (κ2) is 7.66. The molecule has 1 saturated heterocycles. The van der Waals surface area contributed by atoms with Crippen molar-refractivity contribution in [2.45, 2.75) is 31.7 Å². The molecule has 3 heterocycles. The first-order valence-electron chi connectivity index (χ1n) is 9.36. The molecule has 27 heavy (non-hydrogen) atoms. The lowest BCUT2D eigenvalue weighted by Gasteiger charge is -2.28. The second-order valence-corrected chi connectivity index (χ2v) is 6.89. The molecule has 2 aromatic heterocycles. The summed E-state index contributed by atoms with van der Waals surface area (Å²) in [4.78, 5) is 29.4. The Labute approximate surface area is 157 Å². The summed E-state index contributed by atoms with van der Waals surface area (Å²) >= 11 is 0. The number of H-pyrrole nitrogens is 1. The number of aromatic nitrogens is 1. The average Bonchev–Trinajstić information content (AvgIpc) is 3.12. The Morgan fingerprint density at radius 3 is 2.59 bits per heavy atom. The van der Waals surface area contributed by atoms with Gasteiger partial charge in [0.05, 0.1) is 12.3 Å². The van der Waals surface area contributed by atoms with Crippen LogP contribution in [0.3, 0.4) is 0 Å². The van der Waals surface area contributed by atoms with E-state index in [9.17, 15) is 9.59 Å². The number of nitrogens with zero attached hydrogens (tertiary/aromatic N) is 1. The van der Waals surface area contributed by atoms with Crippen molar-refractivity contribution in [3.8, 4) is 11.3 Å². The third-order valence-electron chi connectivity index (χ3n) is 5.10. The predicted octanol–water partition coefficient (Wildman–Crippen LogP) is 4.39. The molecule has 3 aromatic rings. The monoisotopic (exact) mass is 362 g/mol. The molecule has 1 fully saturated rings. The Bertz CT molecular complexity index is 958. The maximum absolute atomic E-state index is 13.2. The Balaban J connectivity index is 1.60. The van der Waals surface area contributed by atoms with Crippen molar-refractivity contribution in [2.24, 2.45) is 0 Å². The van der Waals surface area contributed by atoms with Gasteiger partial charge in [-0.3, -0.25) is 9.59 Å². The molecule has 1 N–H and O–H groups in total. The fourth-order valence-corrected chi connectivity index (χ4v) is 3.70. The zero-order valence-electron chi connectivity index (χ0n) is 15.1. The normalized spacial score (nSPS) is 17.5. The van der Waals surface area contributed by atoms with Crippen molar-refractivity contribution >= 4 is 5.91 Å². The van der Waals surface area contributed by atoms with Gasteiger partial charge in [0, 0.05) is 23.9 Å². The average molecular weight is 362 g/mol. The van der Waals surface area contributed by atoms with Crippen LogP contribution in [0.5, 0.6) is 0 Å². The standard InChI is InChI=1S/C22H22N2O3/c25-21-9-4-6-18(23-21)16-10-12-17(13-11-16)22(26)24-14-3-1-2-7-19(24)20-8-5-15-27-20/h4-6,8-13,15,19H,1-3,7,14H2,(H,23,25)/t19-/m1/s1. The summed E-state index contributed by atoms with van der Waals surface area (Å²) in [5.41, 5.74) is 2.13. The number of carbonyl (C=O) groups excluding carboxylic acids is 1. The summed E-state index contributed by atoms with van der Waals surface area (Å²) in [5.74, 6) is 0.870. The van der Waals surface area contributed by atoms with Gasteiger partial charge in [0.15, 0.2) is 0 Å².